The van der Waals surface area contributed by atoms with Crippen LogP contribution < -0.4 is 39.4 Å². The van der Waals surface area contributed by atoms with Crippen LogP contribution in [0, 0.1) is 0 Å². The van der Waals surface area contributed by atoms with Gasteiger partial charge in [-0.3, -0.25) is 0 Å². The number of benzene rings is 1. The molecule has 0 aliphatic carbocycles. The maximum Gasteiger partial charge on any atom is 1.00 e. The molecule has 0 amide bonds. The van der Waals surface area contributed by atoms with E-state index in [2.05, 4.69) is 20.9 Å². The number of carbonyl (C=O) groups excluding carboxylic acids is 1. The average Bonchev–Trinajstić information content (AvgIpc) is 2.94. The molecule has 0 bridgehead atoms. The summed E-state index contributed by atoms with van der Waals surface area (Å²) in [5.41, 5.74) is 0.639. The van der Waals surface area contributed by atoms with E-state index in [9.17, 15) is 25.2 Å². The summed E-state index contributed by atoms with van der Waals surface area (Å²) in [6.07, 6.45) is -7.23. The minimum absolute atomic E-state index is 0. The molecular formula is C14H12BrClNNaO7. The zero-order valence-electron chi connectivity index (χ0n) is 12.8. The van der Waals surface area contributed by atoms with Gasteiger partial charge in [-0.2, -0.15) is 0 Å². The second kappa shape index (κ2) is 8.12. The van der Waals surface area contributed by atoms with Gasteiger partial charge >= 0.3 is 29.6 Å². The van der Waals surface area contributed by atoms with Crippen molar-refractivity contribution in [1.82, 2.24) is 4.98 Å². The molecule has 8 nitrogen and oxygen atoms in total. The van der Waals surface area contributed by atoms with Crippen LogP contribution in [0.15, 0.2) is 22.8 Å². The maximum absolute atomic E-state index is 11.0. The van der Waals surface area contributed by atoms with E-state index in [0.29, 0.717) is 20.4 Å². The zero-order chi connectivity index (χ0) is 17.6. The Morgan fingerprint density at radius 1 is 1.28 bits per heavy atom. The van der Waals surface area contributed by atoms with Crippen molar-refractivity contribution in [3.8, 4) is 5.75 Å². The van der Waals surface area contributed by atoms with E-state index < -0.39 is 36.7 Å². The van der Waals surface area contributed by atoms with Gasteiger partial charge in [0.2, 0.25) is 6.29 Å². The number of carboxylic acid groups (broad SMARTS) is 1. The predicted molar refractivity (Wildman–Crippen MR) is 83.3 cm³/mol. The average molecular weight is 445 g/mol. The first-order valence-electron chi connectivity index (χ1n) is 6.83. The van der Waals surface area contributed by atoms with E-state index in [0.717, 1.165) is 0 Å². The van der Waals surface area contributed by atoms with Crippen LogP contribution in [-0.4, -0.2) is 57.0 Å². The minimum Gasteiger partial charge on any atom is -0.547 e. The summed E-state index contributed by atoms with van der Waals surface area (Å²) in [5.74, 6) is -1.55. The van der Waals surface area contributed by atoms with Crippen LogP contribution in [0.5, 0.6) is 5.75 Å². The Kier molecular flexibility index (Phi) is 6.80. The van der Waals surface area contributed by atoms with Gasteiger partial charge in [0.05, 0.1) is 21.9 Å². The topological polar surface area (TPSA) is 135 Å². The fourth-order valence-electron chi connectivity index (χ4n) is 2.49. The van der Waals surface area contributed by atoms with Gasteiger partial charge in [-0.25, -0.2) is 0 Å². The van der Waals surface area contributed by atoms with Gasteiger partial charge in [0.15, 0.2) is 0 Å². The number of carboxylic acids is 1. The van der Waals surface area contributed by atoms with Gasteiger partial charge < -0.3 is 39.7 Å². The first kappa shape index (κ1) is 20.9. The SMILES string of the molecule is O=C([O-])[C@@H]1O[C@@H](Oc2c[nH]c3ccc(Br)c(Cl)c23)[C@@H](O)[C@@H](O)[C@@H]1O.[Na+]. The monoisotopic (exact) mass is 443 g/mol. The standard InChI is InChI=1S/C14H13BrClNO7.Na/c15-4-1-2-5-7(8(4)16)6(3-17-5)23-14-11(20)9(18)10(19)12(24-14)13(21)22;/h1-3,9-12,14,17-20H,(H,21,22);/q;+1/p-1/t9-,10-,11-,12+,14+;/m0./s1. The van der Waals surface area contributed by atoms with Crippen LogP contribution in [0.4, 0.5) is 0 Å². The number of carbonyl (C=O) groups is 1. The predicted octanol–water partition coefficient (Wildman–Crippen LogP) is -3.48. The summed E-state index contributed by atoms with van der Waals surface area (Å²) >= 11 is 9.49. The maximum atomic E-state index is 11.0. The number of hydrogen-bond acceptors (Lipinski definition) is 7. The van der Waals surface area contributed by atoms with Gasteiger partial charge in [0, 0.05) is 10.7 Å². The van der Waals surface area contributed by atoms with E-state index >= 15 is 0 Å². The number of aromatic amines is 1. The van der Waals surface area contributed by atoms with E-state index in [1.807, 2.05) is 0 Å². The molecule has 2 heterocycles. The number of fused-ring (bicyclic) bond motifs is 1. The molecule has 130 valence electrons. The van der Waals surface area contributed by atoms with Crippen LogP contribution in [0.25, 0.3) is 10.9 Å². The summed E-state index contributed by atoms with van der Waals surface area (Å²) < 4.78 is 11.1. The van der Waals surface area contributed by atoms with Crippen molar-refractivity contribution in [2.24, 2.45) is 0 Å². The third-order valence-corrected chi connectivity index (χ3v) is 5.03. The van der Waals surface area contributed by atoms with E-state index in [4.69, 9.17) is 21.1 Å². The number of aliphatic carboxylic acids is 1. The number of ether oxygens (including phenoxy) is 2. The molecule has 1 aliphatic heterocycles. The third kappa shape index (κ3) is 3.85. The molecule has 1 saturated heterocycles. The van der Waals surface area contributed by atoms with Crippen LogP contribution in [0.2, 0.25) is 5.02 Å². The molecule has 0 unspecified atom stereocenters. The van der Waals surface area contributed by atoms with Gasteiger partial charge in [0.25, 0.3) is 0 Å². The molecule has 2 aromatic rings. The molecule has 11 heteroatoms. The Labute approximate surface area is 177 Å². The first-order valence-corrected chi connectivity index (χ1v) is 8.00. The van der Waals surface area contributed by atoms with Crippen LogP contribution in [-0.2, 0) is 9.53 Å². The Balaban J connectivity index is 0.00000225. The van der Waals surface area contributed by atoms with Crippen molar-refractivity contribution < 1.29 is 64.3 Å². The van der Waals surface area contributed by atoms with Gasteiger partial charge in [0.1, 0.15) is 30.2 Å². The number of aliphatic hydroxyl groups is 3. The van der Waals surface area contributed by atoms with Crippen molar-refractivity contribution in [1.29, 1.82) is 0 Å². The van der Waals surface area contributed by atoms with E-state index in [-0.39, 0.29) is 35.3 Å². The molecule has 4 N–H and O–H groups in total. The molecule has 1 fully saturated rings. The summed E-state index contributed by atoms with van der Waals surface area (Å²) in [5, 5.41) is 41.2. The number of hydrogen-bond donors (Lipinski definition) is 4. The van der Waals surface area contributed by atoms with Crippen LogP contribution in [0.1, 0.15) is 0 Å². The van der Waals surface area contributed by atoms with Gasteiger partial charge in [-0.15, -0.1) is 0 Å². The quantitative estimate of drug-likeness (QED) is 0.361. The molecule has 1 aliphatic rings. The fourth-order valence-corrected chi connectivity index (χ4v) is 3.07. The van der Waals surface area contributed by atoms with E-state index in [1.54, 1.807) is 12.1 Å². The molecule has 5 atom stereocenters. The molecule has 0 saturated carbocycles. The summed E-state index contributed by atoms with van der Waals surface area (Å²) in [4.78, 5) is 13.9. The molecule has 1 aromatic heterocycles. The number of halogens is 2. The largest absolute Gasteiger partial charge is 1.00 e. The van der Waals surface area contributed by atoms with Crippen molar-refractivity contribution >= 4 is 44.4 Å². The van der Waals surface area contributed by atoms with E-state index in [1.165, 1.54) is 6.20 Å². The Morgan fingerprint density at radius 2 is 1.96 bits per heavy atom. The van der Waals surface area contributed by atoms with Crippen molar-refractivity contribution in [2.45, 2.75) is 30.7 Å². The summed E-state index contributed by atoms with van der Waals surface area (Å²) in [7, 11) is 0. The van der Waals surface area contributed by atoms with Crippen molar-refractivity contribution in [3.63, 3.8) is 0 Å². The van der Waals surface area contributed by atoms with Crippen molar-refractivity contribution in [3.05, 3.63) is 27.8 Å². The van der Waals surface area contributed by atoms with Gasteiger partial charge in [-0.05, 0) is 28.1 Å². The molecule has 0 radical (unpaired) electrons. The molecule has 1 aromatic carbocycles. The summed E-state index contributed by atoms with van der Waals surface area (Å²) in [6.45, 7) is 0. The first-order chi connectivity index (χ1) is 11.3. The molecule has 25 heavy (non-hydrogen) atoms. The summed E-state index contributed by atoms with van der Waals surface area (Å²) in [6, 6.07) is 3.46. The van der Waals surface area contributed by atoms with Crippen LogP contribution >= 0.6 is 27.5 Å². The molecule has 3 rings (SSSR count). The second-order valence-corrected chi connectivity index (χ2v) is 6.50. The number of aliphatic hydroxyl groups excluding tert-OH is 3. The van der Waals surface area contributed by atoms with Crippen LogP contribution in [0.3, 0.4) is 0 Å². The minimum atomic E-state index is -1.85. The smallest absolute Gasteiger partial charge is 0.547 e. The Hall–Kier alpha value is -0.360. The van der Waals surface area contributed by atoms with Gasteiger partial charge in [-0.1, -0.05) is 11.6 Å². The second-order valence-electron chi connectivity index (χ2n) is 5.27. The number of rotatable bonds is 3. The molecule has 0 spiro atoms. The van der Waals surface area contributed by atoms with Crippen molar-refractivity contribution in [2.75, 3.05) is 0 Å². The number of aromatic nitrogens is 1. The zero-order valence-corrected chi connectivity index (χ0v) is 17.2. The normalized spacial score (nSPS) is 29.2. The third-order valence-electron chi connectivity index (χ3n) is 3.75. The Bertz CT molecular complexity index is 788. The number of H-pyrrole nitrogens is 1. The fraction of sp³-hybridized carbons (Fsp3) is 0.357. The Morgan fingerprint density at radius 3 is 2.60 bits per heavy atom. The number of nitrogens with one attached hydrogen (secondary N) is 1. The molecular weight excluding hydrogens is 433 g/mol.